The molecule has 0 radical (unpaired) electrons. The van der Waals surface area contributed by atoms with Crippen molar-refractivity contribution in [3.8, 4) is 0 Å². The summed E-state index contributed by atoms with van der Waals surface area (Å²) in [4.78, 5) is 10.9. The number of ketones is 1. The normalized spacial score (nSPS) is 28.1. The van der Waals surface area contributed by atoms with Crippen molar-refractivity contribution >= 4 is 5.78 Å². The van der Waals surface area contributed by atoms with Crippen LogP contribution in [0.4, 0.5) is 0 Å². The number of hydrogen-bond donors (Lipinski definition) is 1. The average Bonchev–Trinajstić information content (AvgIpc) is 2.04. The number of rotatable bonds is 2. The fraction of sp³-hybridized carbons (Fsp3) is 0.571. The molecule has 0 aliphatic carbocycles. The van der Waals surface area contributed by atoms with Crippen molar-refractivity contribution in [2.45, 2.75) is 12.2 Å². The molecule has 1 fully saturated rings. The summed E-state index contributed by atoms with van der Waals surface area (Å²) in [6.45, 7) is 3.41. The highest BCUT2D eigenvalue weighted by atomic mass is 16.7. The lowest BCUT2D eigenvalue weighted by atomic mass is 10.1. The van der Waals surface area contributed by atoms with Crippen LogP contribution in [0.25, 0.3) is 0 Å². The summed E-state index contributed by atoms with van der Waals surface area (Å²) >= 11 is 0. The Hall–Kier alpha value is -0.710. The second-order valence-electron chi connectivity index (χ2n) is 2.25. The summed E-state index contributed by atoms with van der Waals surface area (Å²) < 4.78 is 9.54. The van der Waals surface area contributed by atoms with E-state index >= 15 is 0 Å². The minimum atomic E-state index is -0.925. The smallest absolute Gasteiger partial charge is 0.190 e. The first-order valence-corrected chi connectivity index (χ1v) is 3.28. The lowest BCUT2D eigenvalue weighted by molar-refractivity contribution is -0.178. The molecule has 11 heavy (non-hydrogen) atoms. The molecule has 0 aromatic heterocycles. The van der Waals surface area contributed by atoms with E-state index in [1.165, 1.54) is 6.08 Å². The zero-order valence-corrected chi connectivity index (χ0v) is 6.03. The highest BCUT2D eigenvalue weighted by molar-refractivity contribution is 5.85. The van der Waals surface area contributed by atoms with Crippen LogP contribution < -0.4 is 0 Å². The van der Waals surface area contributed by atoms with Gasteiger partial charge >= 0.3 is 0 Å². The minimum Gasteiger partial charge on any atom is -0.386 e. The summed E-state index contributed by atoms with van der Waals surface area (Å²) in [6, 6.07) is 0. The minimum absolute atomic E-state index is 0.00949. The SMILES string of the molecule is C=CC(O)C1OCOCC1=O. The van der Waals surface area contributed by atoms with E-state index in [4.69, 9.17) is 9.84 Å². The van der Waals surface area contributed by atoms with Gasteiger partial charge in [0.2, 0.25) is 0 Å². The van der Waals surface area contributed by atoms with E-state index in [1.54, 1.807) is 0 Å². The molecule has 1 aliphatic rings. The van der Waals surface area contributed by atoms with Crippen LogP contribution >= 0.6 is 0 Å². The maximum absolute atomic E-state index is 10.9. The number of ether oxygens (including phenoxy) is 2. The predicted molar refractivity (Wildman–Crippen MR) is 36.9 cm³/mol. The molecule has 4 nitrogen and oxygen atoms in total. The van der Waals surface area contributed by atoms with Gasteiger partial charge in [0.05, 0.1) is 0 Å². The summed E-state index contributed by atoms with van der Waals surface area (Å²) in [5.41, 5.74) is 0. The maximum Gasteiger partial charge on any atom is 0.190 e. The molecule has 1 saturated heterocycles. The van der Waals surface area contributed by atoms with Crippen LogP contribution in [-0.2, 0) is 14.3 Å². The molecule has 1 N–H and O–H groups in total. The Bertz CT molecular complexity index is 166. The van der Waals surface area contributed by atoms with Crippen molar-refractivity contribution in [2.75, 3.05) is 13.4 Å². The monoisotopic (exact) mass is 158 g/mol. The second kappa shape index (κ2) is 3.61. The van der Waals surface area contributed by atoms with E-state index < -0.39 is 12.2 Å². The predicted octanol–water partition coefficient (Wildman–Crippen LogP) is -0.525. The Morgan fingerprint density at radius 1 is 1.82 bits per heavy atom. The topological polar surface area (TPSA) is 55.8 Å². The third-order valence-electron chi connectivity index (χ3n) is 1.44. The standard InChI is InChI=1S/C7H10O4/c1-2-5(8)7-6(9)3-10-4-11-7/h2,5,7-8H,1,3-4H2. The highest BCUT2D eigenvalue weighted by Crippen LogP contribution is 2.07. The fourth-order valence-corrected chi connectivity index (χ4v) is 0.851. The molecule has 0 bridgehead atoms. The number of carbonyl (C=O) groups excluding carboxylic acids is 1. The molecule has 0 amide bonds. The molecular formula is C7H10O4. The van der Waals surface area contributed by atoms with Crippen molar-refractivity contribution in [3.05, 3.63) is 12.7 Å². The molecule has 2 unspecified atom stereocenters. The van der Waals surface area contributed by atoms with Crippen LogP contribution in [0.1, 0.15) is 0 Å². The maximum atomic E-state index is 10.9. The van der Waals surface area contributed by atoms with Gasteiger partial charge in [-0.1, -0.05) is 6.08 Å². The lowest BCUT2D eigenvalue weighted by Crippen LogP contribution is -2.42. The van der Waals surface area contributed by atoms with E-state index in [-0.39, 0.29) is 19.2 Å². The van der Waals surface area contributed by atoms with Gasteiger partial charge in [-0.25, -0.2) is 0 Å². The first kappa shape index (κ1) is 8.39. The Labute approximate surface area is 64.4 Å². The Morgan fingerprint density at radius 2 is 2.55 bits per heavy atom. The van der Waals surface area contributed by atoms with Gasteiger partial charge in [-0.15, -0.1) is 6.58 Å². The number of carbonyl (C=O) groups is 1. The van der Waals surface area contributed by atoms with Gasteiger partial charge in [0, 0.05) is 0 Å². The lowest BCUT2D eigenvalue weighted by Gasteiger charge is -2.23. The van der Waals surface area contributed by atoms with Crippen LogP contribution in [0, 0.1) is 0 Å². The van der Waals surface area contributed by atoms with Gasteiger partial charge in [0.1, 0.15) is 19.5 Å². The quantitative estimate of drug-likeness (QED) is 0.549. The molecule has 1 aliphatic heterocycles. The molecule has 1 rings (SSSR count). The second-order valence-corrected chi connectivity index (χ2v) is 2.25. The van der Waals surface area contributed by atoms with E-state index in [0.717, 1.165) is 0 Å². The van der Waals surface area contributed by atoms with Crippen LogP contribution in [0.15, 0.2) is 12.7 Å². The van der Waals surface area contributed by atoms with Crippen molar-refractivity contribution in [2.24, 2.45) is 0 Å². The van der Waals surface area contributed by atoms with Gasteiger partial charge in [0.25, 0.3) is 0 Å². The van der Waals surface area contributed by atoms with Gasteiger partial charge in [-0.3, -0.25) is 4.79 Å². The van der Waals surface area contributed by atoms with Crippen molar-refractivity contribution in [1.82, 2.24) is 0 Å². The van der Waals surface area contributed by atoms with E-state index in [0.29, 0.717) is 0 Å². The van der Waals surface area contributed by atoms with E-state index in [1.807, 2.05) is 0 Å². The molecular weight excluding hydrogens is 148 g/mol. The van der Waals surface area contributed by atoms with Crippen LogP contribution in [0.5, 0.6) is 0 Å². The first-order chi connectivity index (χ1) is 5.25. The Kier molecular flexibility index (Phi) is 2.76. The molecule has 2 atom stereocenters. The number of hydrogen-bond acceptors (Lipinski definition) is 4. The van der Waals surface area contributed by atoms with Crippen molar-refractivity contribution in [1.29, 1.82) is 0 Å². The molecule has 0 spiro atoms. The zero-order chi connectivity index (χ0) is 8.27. The zero-order valence-electron chi connectivity index (χ0n) is 6.03. The summed E-state index contributed by atoms with van der Waals surface area (Å²) in [7, 11) is 0. The third kappa shape index (κ3) is 1.86. The Morgan fingerprint density at radius 3 is 3.09 bits per heavy atom. The largest absolute Gasteiger partial charge is 0.386 e. The first-order valence-electron chi connectivity index (χ1n) is 3.28. The van der Waals surface area contributed by atoms with Gasteiger partial charge in [0.15, 0.2) is 11.9 Å². The van der Waals surface area contributed by atoms with Crippen LogP contribution in [0.2, 0.25) is 0 Å². The third-order valence-corrected chi connectivity index (χ3v) is 1.44. The van der Waals surface area contributed by atoms with Crippen LogP contribution in [0.3, 0.4) is 0 Å². The number of Topliss-reactive ketones (excluding diaryl/α,β-unsaturated/α-hetero) is 1. The molecule has 4 heteroatoms. The van der Waals surface area contributed by atoms with Gasteiger partial charge in [-0.2, -0.15) is 0 Å². The summed E-state index contributed by atoms with van der Waals surface area (Å²) in [5, 5.41) is 9.13. The molecule has 0 aromatic carbocycles. The van der Waals surface area contributed by atoms with E-state index in [9.17, 15) is 4.79 Å². The van der Waals surface area contributed by atoms with Crippen LogP contribution in [-0.4, -0.2) is 36.5 Å². The molecule has 1 heterocycles. The Balaban J connectivity index is 2.53. The van der Waals surface area contributed by atoms with Crippen molar-refractivity contribution in [3.63, 3.8) is 0 Å². The molecule has 0 aromatic rings. The summed E-state index contributed by atoms with van der Waals surface area (Å²) in [6.07, 6.45) is -0.443. The molecule has 62 valence electrons. The highest BCUT2D eigenvalue weighted by Gasteiger charge is 2.28. The van der Waals surface area contributed by atoms with Gasteiger partial charge in [-0.05, 0) is 0 Å². The fourth-order valence-electron chi connectivity index (χ4n) is 0.851. The van der Waals surface area contributed by atoms with Gasteiger partial charge < -0.3 is 14.6 Å². The van der Waals surface area contributed by atoms with E-state index in [2.05, 4.69) is 11.3 Å². The average molecular weight is 158 g/mol. The number of aliphatic hydroxyl groups is 1. The summed E-state index contributed by atoms with van der Waals surface area (Å²) in [5.74, 6) is -0.247. The number of aliphatic hydroxyl groups excluding tert-OH is 1. The van der Waals surface area contributed by atoms with Crippen molar-refractivity contribution < 1.29 is 19.4 Å². The molecule has 0 saturated carbocycles.